The van der Waals surface area contributed by atoms with E-state index >= 15 is 0 Å². The largest absolute Gasteiger partial charge is 0.472 e. The van der Waals surface area contributed by atoms with Crippen LogP contribution in [0.15, 0.2) is 54.9 Å². The minimum atomic E-state index is -4.45. The molecule has 0 radical (unpaired) electrons. The molecular formula is C25H23F3N4O2. The molecule has 2 aliphatic heterocycles. The maximum atomic E-state index is 13.7. The van der Waals surface area contributed by atoms with Gasteiger partial charge in [-0.15, -0.1) is 0 Å². The van der Waals surface area contributed by atoms with Crippen molar-refractivity contribution in [3.63, 3.8) is 0 Å². The number of pyridine rings is 3. The molecule has 2 bridgehead atoms. The molecule has 5 heterocycles. The van der Waals surface area contributed by atoms with Gasteiger partial charge in [0, 0.05) is 36.3 Å². The maximum Gasteiger partial charge on any atom is 0.417 e. The standard InChI is InChI=1S/C25H23F3N4O2/c1-15-5-8-18(19-4-2-3-11-29-19)23(31-15)24(33)32-14-16-6-9-20(32)21(12-16)34-22-10-7-17(13-30-22)25(26,27)28/h2-5,7-8,10-11,13,16,20-21H,6,9,12,14H2,1H3. The summed E-state index contributed by atoms with van der Waals surface area (Å²) in [7, 11) is 0. The topological polar surface area (TPSA) is 68.2 Å². The van der Waals surface area contributed by atoms with Gasteiger partial charge < -0.3 is 9.64 Å². The van der Waals surface area contributed by atoms with Crippen LogP contribution in [-0.2, 0) is 6.18 Å². The van der Waals surface area contributed by atoms with Crippen molar-refractivity contribution in [1.29, 1.82) is 0 Å². The van der Waals surface area contributed by atoms with Crippen LogP contribution in [-0.4, -0.2) is 44.4 Å². The zero-order valence-corrected chi connectivity index (χ0v) is 18.5. The normalized spacial score (nSPS) is 22.0. The van der Waals surface area contributed by atoms with Crippen LogP contribution in [0.25, 0.3) is 11.3 Å². The first-order chi connectivity index (χ1) is 16.3. The number of aryl methyl sites for hydroxylation is 1. The van der Waals surface area contributed by atoms with E-state index in [-0.39, 0.29) is 29.9 Å². The van der Waals surface area contributed by atoms with Crippen molar-refractivity contribution < 1.29 is 22.7 Å². The highest BCUT2D eigenvalue weighted by molar-refractivity contribution is 5.99. The summed E-state index contributed by atoms with van der Waals surface area (Å²) in [6, 6.07) is 11.2. The Morgan fingerprint density at radius 1 is 1.09 bits per heavy atom. The van der Waals surface area contributed by atoms with Gasteiger partial charge in [-0.1, -0.05) is 6.07 Å². The zero-order valence-electron chi connectivity index (χ0n) is 18.5. The van der Waals surface area contributed by atoms with Gasteiger partial charge >= 0.3 is 6.18 Å². The Morgan fingerprint density at radius 2 is 1.94 bits per heavy atom. The number of halogens is 3. The molecule has 3 aliphatic rings. The van der Waals surface area contributed by atoms with E-state index in [0.717, 1.165) is 37.2 Å². The summed E-state index contributed by atoms with van der Waals surface area (Å²) in [6.45, 7) is 2.44. The van der Waals surface area contributed by atoms with Crippen molar-refractivity contribution in [2.24, 2.45) is 5.92 Å². The van der Waals surface area contributed by atoms with Gasteiger partial charge in [0.15, 0.2) is 0 Å². The molecule has 9 heteroatoms. The van der Waals surface area contributed by atoms with Gasteiger partial charge in [0.1, 0.15) is 11.8 Å². The number of amides is 1. The molecule has 3 aromatic heterocycles. The second-order valence-electron chi connectivity index (χ2n) is 8.81. The Morgan fingerprint density at radius 3 is 2.62 bits per heavy atom. The van der Waals surface area contributed by atoms with Gasteiger partial charge in [-0.05, 0) is 62.4 Å². The zero-order chi connectivity index (χ0) is 23.9. The molecule has 34 heavy (non-hydrogen) atoms. The number of carbonyl (C=O) groups is 1. The fraction of sp³-hybridized carbons (Fsp3) is 0.360. The number of hydrogen-bond donors (Lipinski definition) is 0. The van der Waals surface area contributed by atoms with Crippen LogP contribution in [0.4, 0.5) is 13.2 Å². The van der Waals surface area contributed by atoms with E-state index < -0.39 is 11.7 Å². The molecule has 1 amide bonds. The van der Waals surface area contributed by atoms with Crippen molar-refractivity contribution in [3.05, 3.63) is 71.8 Å². The second kappa shape index (κ2) is 8.70. The number of aromatic nitrogens is 3. The SMILES string of the molecule is Cc1ccc(-c2ccccn2)c(C(=O)N2CC3CCC2C(Oc2ccc(C(F)(F)F)cn2)C3)n1. The molecule has 1 saturated carbocycles. The number of fused-ring (bicyclic) bond motifs is 3. The van der Waals surface area contributed by atoms with Gasteiger partial charge in [0.25, 0.3) is 5.91 Å². The van der Waals surface area contributed by atoms with E-state index in [4.69, 9.17) is 4.74 Å². The number of nitrogens with zero attached hydrogens (tertiary/aromatic N) is 4. The van der Waals surface area contributed by atoms with E-state index in [1.54, 1.807) is 11.1 Å². The molecular weight excluding hydrogens is 445 g/mol. The fourth-order valence-electron chi connectivity index (χ4n) is 4.85. The summed E-state index contributed by atoms with van der Waals surface area (Å²) < 4.78 is 44.6. The Kier molecular flexibility index (Phi) is 5.71. The number of alkyl halides is 3. The monoisotopic (exact) mass is 468 g/mol. The van der Waals surface area contributed by atoms with Crippen LogP contribution < -0.4 is 4.74 Å². The molecule has 2 saturated heterocycles. The first-order valence-corrected chi connectivity index (χ1v) is 11.2. The molecule has 3 atom stereocenters. The number of ether oxygens (including phenoxy) is 1. The average Bonchev–Trinajstić information content (AvgIpc) is 2.84. The highest BCUT2D eigenvalue weighted by Crippen LogP contribution is 2.39. The molecule has 3 aromatic rings. The Labute approximate surface area is 194 Å². The Bertz CT molecular complexity index is 1190. The fourth-order valence-corrected chi connectivity index (χ4v) is 4.85. The highest BCUT2D eigenvalue weighted by Gasteiger charge is 2.45. The van der Waals surface area contributed by atoms with Crippen molar-refractivity contribution in [2.45, 2.75) is 44.5 Å². The van der Waals surface area contributed by atoms with Gasteiger partial charge in [-0.25, -0.2) is 9.97 Å². The lowest BCUT2D eigenvalue weighted by atomic mass is 9.77. The van der Waals surface area contributed by atoms with E-state index in [9.17, 15) is 18.0 Å². The maximum absolute atomic E-state index is 13.7. The lowest BCUT2D eigenvalue weighted by Crippen LogP contribution is -2.59. The van der Waals surface area contributed by atoms with Crippen molar-refractivity contribution in [2.75, 3.05) is 6.54 Å². The van der Waals surface area contributed by atoms with Crippen LogP contribution >= 0.6 is 0 Å². The van der Waals surface area contributed by atoms with E-state index in [1.807, 2.05) is 37.3 Å². The average molecular weight is 468 g/mol. The van der Waals surface area contributed by atoms with Crippen LogP contribution in [0.1, 0.15) is 41.0 Å². The number of hydrogen-bond acceptors (Lipinski definition) is 5. The molecule has 0 aromatic carbocycles. The summed E-state index contributed by atoms with van der Waals surface area (Å²) in [5, 5.41) is 0. The number of piperidine rings is 2. The summed E-state index contributed by atoms with van der Waals surface area (Å²) >= 11 is 0. The lowest BCUT2D eigenvalue weighted by molar-refractivity contribution is -0.137. The van der Waals surface area contributed by atoms with Gasteiger partial charge in [0.05, 0.1) is 17.3 Å². The summed E-state index contributed by atoms with van der Waals surface area (Å²) in [4.78, 5) is 28.3. The van der Waals surface area contributed by atoms with Crippen LogP contribution in [0, 0.1) is 12.8 Å². The molecule has 6 nitrogen and oxygen atoms in total. The summed E-state index contributed by atoms with van der Waals surface area (Å²) in [5.74, 6) is 0.185. The van der Waals surface area contributed by atoms with Crippen molar-refractivity contribution in [3.8, 4) is 17.1 Å². The molecule has 0 spiro atoms. The first-order valence-electron chi connectivity index (χ1n) is 11.2. The summed E-state index contributed by atoms with van der Waals surface area (Å²) in [6.07, 6.45) is 0.109. The van der Waals surface area contributed by atoms with Gasteiger partial charge in [-0.2, -0.15) is 13.2 Å². The molecule has 3 unspecified atom stereocenters. The molecule has 3 fully saturated rings. The van der Waals surface area contributed by atoms with Crippen molar-refractivity contribution >= 4 is 5.91 Å². The Balaban J connectivity index is 1.40. The highest BCUT2D eigenvalue weighted by atomic mass is 19.4. The molecule has 1 aliphatic carbocycles. The van der Waals surface area contributed by atoms with E-state index in [2.05, 4.69) is 15.0 Å². The smallest absolute Gasteiger partial charge is 0.417 e. The van der Waals surface area contributed by atoms with E-state index in [1.165, 1.54) is 6.07 Å². The predicted molar refractivity (Wildman–Crippen MR) is 118 cm³/mol. The van der Waals surface area contributed by atoms with Crippen LogP contribution in [0.3, 0.4) is 0 Å². The quantitative estimate of drug-likeness (QED) is 0.543. The third-order valence-electron chi connectivity index (χ3n) is 6.50. The minimum Gasteiger partial charge on any atom is -0.472 e. The molecule has 0 N–H and O–H groups in total. The van der Waals surface area contributed by atoms with E-state index in [0.29, 0.717) is 23.5 Å². The second-order valence-corrected chi connectivity index (χ2v) is 8.81. The Hall–Kier alpha value is -3.49. The minimum absolute atomic E-state index is 0.126. The van der Waals surface area contributed by atoms with Gasteiger partial charge in [-0.3, -0.25) is 9.78 Å². The first kappa shape index (κ1) is 22.3. The lowest BCUT2D eigenvalue weighted by Gasteiger charge is -2.49. The van der Waals surface area contributed by atoms with Crippen LogP contribution in [0.5, 0.6) is 5.88 Å². The van der Waals surface area contributed by atoms with Crippen LogP contribution in [0.2, 0.25) is 0 Å². The predicted octanol–water partition coefficient (Wildman–Crippen LogP) is 4.94. The number of rotatable bonds is 4. The number of carbonyl (C=O) groups excluding carboxylic acids is 1. The third kappa shape index (κ3) is 4.34. The summed E-state index contributed by atoms with van der Waals surface area (Å²) in [5.41, 5.74) is 1.58. The molecule has 6 rings (SSSR count). The third-order valence-corrected chi connectivity index (χ3v) is 6.50. The molecule has 176 valence electrons. The van der Waals surface area contributed by atoms with Crippen molar-refractivity contribution in [1.82, 2.24) is 19.9 Å². The van der Waals surface area contributed by atoms with Gasteiger partial charge in [0.2, 0.25) is 5.88 Å².